The molecule has 1 amide bonds. The number of rotatable bonds is 3. The van der Waals surface area contributed by atoms with Gasteiger partial charge in [0.1, 0.15) is 35.0 Å². The molecule has 35 heavy (non-hydrogen) atoms. The summed E-state index contributed by atoms with van der Waals surface area (Å²) in [6, 6.07) is 28.0. The zero-order chi connectivity index (χ0) is 23.6. The monoisotopic (exact) mass is 461 g/mol. The van der Waals surface area contributed by atoms with Gasteiger partial charge in [-0.15, -0.1) is 0 Å². The van der Waals surface area contributed by atoms with E-state index in [9.17, 15) is 4.79 Å². The lowest BCUT2D eigenvalue weighted by Gasteiger charge is -2.24. The number of carbonyl (C=O) groups excluding carboxylic acids is 1. The van der Waals surface area contributed by atoms with Crippen LogP contribution in [0.4, 0.5) is 5.69 Å². The smallest absolute Gasteiger partial charge is 0.245 e. The summed E-state index contributed by atoms with van der Waals surface area (Å²) in [5.74, 6) is 3.20. The average Bonchev–Trinajstić information content (AvgIpc) is 3.57. The Hall–Kier alpha value is -4.25. The summed E-state index contributed by atoms with van der Waals surface area (Å²) >= 11 is 0. The van der Waals surface area contributed by atoms with Crippen LogP contribution < -0.4 is 19.1 Å². The molecule has 0 fully saturated rings. The summed E-state index contributed by atoms with van der Waals surface area (Å²) in [7, 11) is 1.85. The highest BCUT2D eigenvalue weighted by Gasteiger charge is 2.57. The molecule has 172 valence electrons. The molecule has 5 nitrogen and oxygen atoms in total. The van der Waals surface area contributed by atoms with Crippen molar-refractivity contribution < 1.29 is 19.0 Å². The van der Waals surface area contributed by atoms with Crippen molar-refractivity contribution in [1.82, 2.24) is 0 Å². The number of likely N-dealkylation sites (N-methyl/N-ethyl adjacent to an activating group) is 1. The van der Waals surface area contributed by atoms with E-state index in [1.807, 2.05) is 67.7 Å². The van der Waals surface area contributed by atoms with Gasteiger partial charge in [-0.05, 0) is 53.1 Å². The first-order valence-electron chi connectivity index (χ1n) is 11.8. The molecule has 0 saturated heterocycles. The minimum Gasteiger partial charge on any atom is -0.493 e. The van der Waals surface area contributed by atoms with Crippen LogP contribution in [0.15, 0.2) is 84.9 Å². The molecule has 0 saturated carbocycles. The predicted octanol–water partition coefficient (Wildman–Crippen LogP) is 5.74. The minimum atomic E-state index is -0.868. The Morgan fingerprint density at radius 2 is 1.66 bits per heavy atom. The van der Waals surface area contributed by atoms with Crippen molar-refractivity contribution >= 4 is 11.6 Å². The van der Waals surface area contributed by atoms with E-state index in [0.717, 1.165) is 62.9 Å². The largest absolute Gasteiger partial charge is 0.493 e. The summed E-state index contributed by atoms with van der Waals surface area (Å²) in [6.07, 6.45) is 0.847. The van der Waals surface area contributed by atoms with Gasteiger partial charge >= 0.3 is 0 Å². The molecule has 3 aliphatic heterocycles. The number of hydrogen-bond acceptors (Lipinski definition) is 4. The van der Waals surface area contributed by atoms with Gasteiger partial charge in [-0.3, -0.25) is 4.79 Å². The van der Waals surface area contributed by atoms with Crippen molar-refractivity contribution in [1.29, 1.82) is 0 Å². The van der Waals surface area contributed by atoms with Gasteiger partial charge in [0.15, 0.2) is 0 Å². The standard InChI is InChI=1S/C30H23NO4/c1-31-25-9-5-8-23(19-10-12-22(13-11-19)35-21-6-3-2-4-7-21)28(25)30(29(31)32)18-34-27-17-26-20(14-15-33-26)16-24(27)30/h2-13,16-17H,14-15,18H2,1H3. The number of anilines is 1. The van der Waals surface area contributed by atoms with E-state index >= 15 is 0 Å². The SMILES string of the molecule is CN1C(=O)C2(COc3cc4c(cc32)CCO4)c2c(-c3ccc(Oc4ccccc4)cc3)cccc21. The van der Waals surface area contributed by atoms with Gasteiger partial charge in [0.2, 0.25) is 5.91 Å². The highest BCUT2D eigenvalue weighted by molar-refractivity contribution is 6.13. The van der Waals surface area contributed by atoms with Gasteiger partial charge in [0.25, 0.3) is 0 Å². The molecule has 0 N–H and O–H groups in total. The fraction of sp³-hybridized carbons (Fsp3) is 0.167. The van der Waals surface area contributed by atoms with Crippen molar-refractivity contribution in [2.24, 2.45) is 0 Å². The molecule has 1 atom stereocenters. The van der Waals surface area contributed by atoms with E-state index in [1.165, 1.54) is 0 Å². The second-order valence-corrected chi connectivity index (χ2v) is 9.25. The normalized spacial score (nSPS) is 19.2. The molecule has 7 rings (SSSR count). The zero-order valence-electron chi connectivity index (χ0n) is 19.3. The van der Waals surface area contributed by atoms with Crippen LogP contribution in [-0.4, -0.2) is 26.2 Å². The Morgan fingerprint density at radius 1 is 0.857 bits per heavy atom. The predicted molar refractivity (Wildman–Crippen MR) is 134 cm³/mol. The second-order valence-electron chi connectivity index (χ2n) is 9.25. The van der Waals surface area contributed by atoms with E-state index in [2.05, 4.69) is 24.3 Å². The van der Waals surface area contributed by atoms with Gasteiger partial charge in [-0.1, -0.05) is 42.5 Å². The number of para-hydroxylation sites is 1. The molecule has 1 spiro atoms. The molecule has 5 heteroatoms. The summed E-state index contributed by atoms with van der Waals surface area (Å²) in [4.78, 5) is 15.7. The fourth-order valence-electron chi connectivity index (χ4n) is 5.65. The Bertz CT molecular complexity index is 1480. The molecule has 0 radical (unpaired) electrons. The van der Waals surface area contributed by atoms with Crippen LogP contribution >= 0.6 is 0 Å². The van der Waals surface area contributed by atoms with Gasteiger partial charge < -0.3 is 19.1 Å². The highest BCUT2D eigenvalue weighted by Crippen LogP contribution is 2.56. The van der Waals surface area contributed by atoms with Crippen molar-refractivity contribution in [3.05, 3.63) is 102 Å². The number of benzene rings is 4. The Kier molecular flexibility index (Phi) is 4.25. The Labute approximate surface area is 203 Å². The Morgan fingerprint density at radius 3 is 2.49 bits per heavy atom. The molecule has 4 aromatic carbocycles. The van der Waals surface area contributed by atoms with Gasteiger partial charge in [-0.25, -0.2) is 0 Å². The summed E-state index contributed by atoms with van der Waals surface area (Å²) in [5.41, 5.74) is 5.19. The van der Waals surface area contributed by atoms with E-state index in [4.69, 9.17) is 14.2 Å². The van der Waals surface area contributed by atoms with Crippen molar-refractivity contribution in [2.75, 3.05) is 25.2 Å². The van der Waals surface area contributed by atoms with Crippen LogP contribution in [0.3, 0.4) is 0 Å². The van der Waals surface area contributed by atoms with Crippen molar-refractivity contribution in [3.63, 3.8) is 0 Å². The van der Waals surface area contributed by atoms with Gasteiger partial charge in [0.05, 0.1) is 6.61 Å². The van der Waals surface area contributed by atoms with E-state index in [-0.39, 0.29) is 12.5 Å². The van der Waals surface area contributed by atoms with Crippen LogP contribution in [0.5, 0.6) is 23.0 Å². The maximum absolute atomic E-state index is 13.9. The third kappa shape index (κ3) is 2.84. The van der Waals surface area contributed by atoms with Crippen molar-refractivity contribution in [3.8, 4) is 34.1 Å². The first-order valence-corrected chi connectivity index (χ1v) is 11.8. The molecular weight excluding hydrogens is 438 g/mol. The second kappa shape index (κ2) is 7.37. The first kappa shape index (κ1) is 20.2. The number of carbonyl (C=O) groups is 1. The third-order valence-electron chi connectivity index (χ3n) is 7.34. The quantitative estimate of drug-likeness (QED) is 0.391. The van der Waals surface area contributed by atoms with E-state index in [1.54, 1.807) is 4.90 Å². The minimum absolute atomic E-state index is 0.0431. The topological polar surface area (TPSA) is 48.0 Å². The zero-order valence-corrected chi connectivity index (χ0v) is 19.3. The van der Waals surface area contributed by atoms with Crippen LogP contribution in [0.25, 0.3) is 11.1 Å². The van der Waals surface area contributed by atoms with Gasteiger partial charge in [-0.2, -0.15) is 0 Å². The highest BCUT2D eigenvalue weighted by atomic mass is 16.5. The number of ether oxygens (including phenoxy) is 3. The molecule has 0 aliphatic carbocycles. The number of nitrogens with zero attached hydrogens (tertiary/aromatic N) is 1. The Balaban J connectivity index is 1.35. The molecule has 3 heterocycles. The van der Waals surface area contributed by atoms with Crippen LogP contribution in [0.2, 0.25) is 0 Å². The first-order chi connectivity index (χ1) is 17.1. The lowest BCUT2D eigenvalue weighted by molar-refractivity contribution is -0.121. The van der Waals surface area contributed by atoms with E-state index < -0.39 is 5.41 Å². The molecule has 0 aromatic heterocycles. The van der Waals surface area contributed by atoms with Crippen LogP contribution in [-0.2, 0) is 16.6 Å². The molecule has 3 aliphatic rings. The summed E-state index contributed by atoms with van der Waals surface area (Å²) in [5, 5.41) is 0. The fourth-order valence-corrected chi connectivity index (χ4v) is 5.65. The van der Waals surface area contributed by atoms with Crippen molar-refractivity contribution in [2.45, 2.75) is 11.8 Å². The molecule has 4 aromatic rings. The number of amides is 1. The molecule has 1 unspecified atom stereocenters. The van der Waals surface area contributed by atoms with Crippen LogP contribution in [0.1, 0.15) is 16.7 Å². The average molecular weight is 462 g/mol. The lowest BCUT2D eigenvalue weighted by Crippen LogP contribution is -2.41. The molecular formula is C30H23NO4. The van der Waals surface area contributed by atoms with Crippen LogP contribution in [0, 0.1) is 0 Å². The number of fused-ring (bicyclic) bond motifs is 5. The van der Waals surface area contributed by atoms with Gasteiger partial charge in [0, 0.05) is 36.3 Å². The summed E-state index contributed by atoms with van der Waals surface area (Å²) in [6.45, 7) is 0.950. The third-order valence-corrected chi connectivity index (χ3v) is 7.34. The lowest BCUT2D eigenvalue weighted by atomic mass is 9.73. The van der Waals surface area contributed by atoms with E-state index in [0.29, 0.717) is 6.61 Å². The maximum Gasteiger partial charge on any atom is 0.245 e. The summed E-state index contributed by atoms with van der Waals surface area (Å²) < 4.78 is 17.9. The number of hydrogen-bond donors (Lipinski definition) is 0. The molecule has 0 bridgehead atoms. The maximum atomic E-state index is 13.9.